The number of nitrogens with zero attached hydrogens (tertiary/aromatic N) is 1. The van der Waals surface area contributed by atoms with Crippen molar-refractivity contribution < 1.29 is 19.0 Å². The van der Waals surface area contributed by atoms with Gasteiger partial charge >= 0.3 is 0 Å². The third-order valence-electron chi connectivity index (χ3n) is 4.98. The lowest BCUT2D eigenvalue weighted by Crippen LogP contribution is -2.27. The van der Waals surface area contributed by atoms with Crippen molar-refractivity contribution in [1.82, 2.24) is 0 Å². The Balaban J connectivity index is 1.62. The number of hydrogen-bond donors (Lipinski definition) is 0. The van der Waals surface area contributed by atoms with E-state index in [1.54, 1.807) is 31.4 Å². The number of carbonyl (C=O) groups excluding carboxylic acids is 1. The zero-order valence-electron chi connectivity index (χ0n) is 18.6. The van der Waals surface area contributed by atoms with Gasteiger partial charge in [0.25, 0.3) is 5.91 Å². The van der Waals surface area contributed by atoms with Crippen LogP contribution in [0.5, 0.6) is 17.2 Å². The molecule has 0 N–H and O–H groups in total. The average Bonchev–Trinajstić information content (AvgIpc) is 3.11. The van der Waals surface area contributed by atoms with Crippen LogP contribution in [-0.4, -0.2) is 23.9 Å². The van der Waals surface area contributed by atoms with Crippen LogP contribution < -0.4 is 19.1 Å². The second kappa shape index (κ2) is 11.0. The monoisotopic (exact) mass is 511 g/mol. The maximum Gasteiger partial charge on any atom is 0.270 e. The molecule has 174 valence electrons. The first-order valence-corrected chi connectivity index (χ1v) is 12.2. The van der Waals surface area contributed by atoms with E-state index in [2.05, 4.69) is 0 Å². The van der Waals surface area contributed by atoms with E-state index in [9.17, 15) is 4.79 Å². The topological polar surface area (TPSA) is 48.0 Å². The van der Waals surface area contributed by atoms with Crippen LogP contribution in [0.15, 0.2) is 71.6 Å². The van der Waals surface area contributed by atoms with Crippen molar-refractivity contribution in [3.63, 3.8) is 0 Å². The Morgan fingerprint density at radius 2 is 1.76 bits per heavy atom. The molecule has 3 aromatic carbocycles. The number of thiocarbonyl (C=S) groups is 1. The maximum absolute atomic E-state index is 13.2. The Bertz CT molecular complexity index is 1250. The van der Waals surface area contributed by atoms with Crippen molar-refractivity contribution in [2.45, 2.75) is 13.5 Å². The van der Waals surface area contributed by atoms with E-state index in [0.29, 0.717) is 56.0 Å². The quantitative estimate of drug-likeness (QED) is 0.247. The molecule has 5 nitrogen and oxygen atoms in total. The van der Waals surface area contributed by atoms with Crippen molar-refractivity contribution in [1.29, 1.82) is 0 Å². The number of anilines is 1. The van der Waals surface area contributed by atoms with Crippen molar-refractivity contribution in [2.75, 3.05) is 18.6 Å². The van der Waals surface area contributed by atoms with E-state index in [-0.39, 0.29) is 5.91 Å². The summed E-state index contributed by atoms with van der Waals surface area (Å²) in [5.41, 5.74) is 2.33. The highest BCUT2D eigenvalue weighted by Crippen LogP contribution is 2.42. The Morgan fingerprint density at radius 3 is 2.50 bits per heavy atom. The average molecular weight is 512 g/mol. The lowest BCUT2D eigenvalue weighted by Gasteiger charge is -2.17. The molecule has 34 heavy (non-hydrogen) atoms. The molecule has 1 aliphatic heterocycles. The van der Waals surface area contributed by atoms with E-state index in [1.165, 1.54) is 16.7 Å². The van der Waals surface area contributed by atoms with Gasteiger partial charge in [0.05, 0.1) is 29.3 Å². The van der Waals surface area contributed by atoms with Gasteiger partial charge in [-0.25, -0.2) is 0 Å². The zero-order valence-corrected chi connectivity index (χ0v) is 21.0. The largest absolute Gasteiger partial charge is 0.495 e. The normalized spacial score (nSPS) is 14.6. The van der Waals surface area contributed by atoms with Crippen LogP contribution in [0.4, 0.5) is 5.69 Å². The van der Waals surface area contributed by atoms with Crippen molar-refractivity contribution >= 4 is 57.6 Å². The molecular weight excluding hydrogens is 490 g/mol. The summed E-state index contributed by atoms with van der Waals surface area (Å²) in [5.74, 6) is 1.32. The minimum Gasteiger partial charge on any atom is -0.495 e. The summed E-state index contributed by atoms with van der Waals surface area (Å²) in [6, 6.07) is 20.6. The van der Waals surface area contributed by atoms with Crippen LogP contribution in [-0.2, 0) is 11.4 Å². The zero-order chi connectivity index (χ0) is 24.1. The summed E-state index contributed by atoms with van der Waals surface area (Å²) in [6.45, 7) is 2.69. The molecule has 8 heteroatoms. The second-order valence-corrected chi connectivity index (χ2v) is 9.31. The molecule has 3 aromatic rings. The molecule has 0 aromatic heterocycles. The van der Waals surface area contributed by atoms with Gasteiger partial charge in [0.15, 0.2) is 15.8 Å². The number of carbonyl (C=O) groups is 1. The van der Waals surface area contributed by atoms with Gasteiger partial charge in [-0.05, 0) is 48.4 Å². The molecule has 1 saturated heterocycles. The van der Waals surface area contributed by atoms with Crippen LogP contribution in [0.1, 0.15) is 18.1 Å². The molecule has 0 aliphatic carbocycles. The van der Waals surface area contributed by atoms with Crippen LogP contribution >= 0.6 is 35.6 Å². The number of amides is 1. The number of para-hydroxylation sites is 2. The summed E-state index contributed by atoms with van der Waals surface area (Å²) in [6.07, 6.45) is 1.75. The number of halogens is 1. The molecule has 0 bridgehead atoms. The van der Waals surface area contributed by atoms with Crippen molar-refractivity contribution in [2.24, 2.45) is 0 Å². The molecule has 1 heterocycles. The molecule has 4 rings (SSSR count). The molecular formula is C26H22ClNO4S2. The SMILES string of the molecule is CCOc1cc(C=C2SC(=S)N(c3ccccc3OC)C2=O)cc(Cl)c1OCc1ccccc1. The highest BCUT2D eigenvalue weighted by molar-refractivity contribution is 8.27. The molecule has 0 saturated carbocycles. The maximum atomic E-state index is 13.2. The van der Waals surface area contributed by atoms with Crippen LogP contribution in [0.25, 0.3) is 6.08 Å². The van der Waals surface area contributed by atoms with E-state index in [0.717, 1.165) is 5.56 Å². The van der Waals surface area contributed by atoms with Crippen LogP contribution in [0.3, 0.4) is 0 Å². The van der Waals surface area contributed by atoms with Crippen LogP contribution in [0.2, 0.25) is 5.02 Å². The first-order chi connectivity index (χ1) is 16.5. The van der Waals surface area contributed by atoms with Crippen LogP contribution in [0, 0.1) is 0 Å². The molecule has 0 atom stereocenters. The minimum absolute atomic E-state index is 0.224. The Morgan fingerprint density at radius 1 is 1.03 bits per heavy atom. The van der Waals surface area contributed by atoms with E-state index in [1.807, 2.05) is 55.5 Å². The first kappa shape index (κ1) is 24.1. The number of methoxy groups -OCH3 is 1. The molecule has 1 aliphatic rings. The highest BCUT2D eigenvalue weighted by atomic mass is 35.5. The van der Waals surface area contributed by atoms with Crippen molar-refractivity contribution in [3.05, 3.63) is 87.8 Å². The number of hydrogen-bond acceptors (Lipinski definition) is 6. The summed E-state index contributed by atoms with van der Waals surface area (Å²) < 4.78 is 17.6. The van der Waals surface area contributed by atoms with E-state index < -0.39 is 0 Å². The van der Waals surface area contributed by atoms with Crippen molar-refractivity contribution in [3.8, 4) is 17.2 Å². The van der Waals surface area contributed by atoms with Gasteiger partial charge < -0.3 is 14.2 Å². The summed E-state index contributed by atoms with van der Waals surface area (Å²) in [7, 11) is 1.56. The standard InChI is InChI=1S/C26H22ClNO4S2/c1-3-31-22-14-18(13-19(27)24(22)32-16-17-9-5-4-6-10-17)15-23-25(29)28(26(33)34-23)20-11-7-8-12-21(20)30-2/h4-15H,3,16H2,1-2H3. The molecule has 0 spiro atoms. The molecule has 0 unspecified atom stereocenters. The van der Waals surface area contributed by atoms with Gasteiger partial charge in [-0.2, -0.15) is 0 Å². The van der Waals surface area contributed by atoms with E-state index in [4.69, 9.17) is 38.0 Å². The van der Waals surface area contributed by atoms with Gasteiger partial charge in [-0.3, -0.25) is 9.69 Å². The molecule has 1 amide bonds. The van der Waals surface area contributed by atoms with Gasteiger partial charge in [0.2, 0.25) is 0 Å². The fourth-order valence-electron chi connectivity index (χ4n) is 3.45. The van der Waals surface area contributed by atoms with E-state index >= 15 is 0 Å². The predicted octanol–water partition coefficient (Wildman–Crippen LogP) is 6.73. The lowest BCUT2D eigenvalue weighted by molar-refractivity contribution is -0.113. The van der Waals surface area contributed by atoms with Gasteiger partial charge in [0.1, 0.15) is 12.4 Å². The third-order valence-corrected chi connectivity index (χ3v) is 6.56. The molecule has 1 fully saturated rings. The fraction of sp³-hybridized carbons (Fsp3) is 0.154. The number of benzene rings is 3. The lowest BCUT2D eigenvalue weighted by atomic mass is 10.1. The summed E-state index contributed by atoms with van der Waals surface area (Å²) >= 11 is 13.3. The smallest absolute Gasteiger partial charge is 0.270 e. The number of rotatable bonds is 8. The Kier molecular flexibility index (Phi) is 7.77. The summed E-state index contributed by atoms with van der Waals surface area (Å²) in [4.78, 5) is 15.2. The fourth-order valence-corrected chi connectivity index (χ4v) is 5.00. The predicted molar refractivity (Wildman–Crippen MR) is 142 cm³/mol. The molecule has 0 radical (unpaired) electrons. The second-order valence-electron chi connectivity index (χ2n) is 7.23. The first-order valence-electron chi connectivity index (χ1n) is 10.6. The Labute approximate surface area is 213 Å². The Hall–Kier alpha value is -3.00. The minimum atomic E-state index is -0.224. The van der Waals surface area contributed by atoms with Gasteiger partial charge in [-0.1, -0.05) is 78.0 Å². The summed E-state index contributed by atoms with van der Waals surface area (Å²) in [5, 5.41) is 0.397. The number of ether oxygens (including phenoxy) is 3. The third kappa shape index (κ3) is 5.22. The van der Waals surface area contributed by atoms with Gasteiger partial charge in [0, 0.05) is 0 Å². The highest BCUT2D eigenvalue weighted by Gasteiger charge is 2.35. The van der Waals surface area contributed by atoms with Gasteiger partial charge in [-0.15, -0.1) is 0 Å². The number of thioether (sulfide) groups is 1.